The van der Waals surface area contributed by atoms with Crippen LogP contribution in [0.15, 0.2) is 0 Å². The number of hydrogen-bond donors (Lipinski definition) is 1. The molecule has 0 heterocycles. The molecule has 6 nitrogen and oxygen atoms in total. The summed E-state index contributed by atoms with van der Waals surface area (Å²) < 4.78 is 10.6. The fourth-order valence-electron chi connectivity index (χ4n) is 1.99. The maximum Gasteiger partial charge on any atom is 0.420 e. The van der Waals surface area contributed by atoms with Gasteiger partial charge in [0.25, 0.3) is 0 Å². The second-order valence-electron chi connectivity index (χ2n) is 7.41. The first-order valence-corrected chi connectivity index (χ1v) is 7.30. The summed E-state index contributed by atoms with van der Waals surface area (Å²) in [6.45, 7) is 10.5. The molecule has 1 fully saturated rings. The highest BCUT2D eigenvalue weighted by molar-refractivity contribution is 5.89. The van der Waals surface area contributed by atoms with E-state index in [4.69, 9.17) is 14.6 Å². The van der Waals surface area contributed by atoms with Crippen molar-refractivity contribution in [3.63, 3.8) is 0 Å². The molecule has 0 bridgehead atoms. The summed E-state index contributed by atoms with van der Waals surface area (Å²) in [7, 11) is 0. The van der Waals surface area contributed by atoms with E-state index in [1.54, 1.807) is 41.5 Å². The van der Waals surface area contributed by atoms with Crippen LogP contribution in [-0.4, -0.2) is 46.0 Å². The van der Waals surface area contributed by atoms with Crippen LogP contribution < -0.4 is 0 Å². The van der Waals surface area contributed by atoms with Crippen LogP contribution in [0.3, 0.4) is 0 Å². The molecule has 1 saturated carbocycles. The van der Waals surface area contributed by atoms with Crippen LogP contribution in [-0.2, 0) is 9.47 Å². The van der Waals surface area contributed by atoms with E-state index >= 15 is 0 Å². The van der Waals surface area contributed by atoms with E-state index < -0.39 is 23.4 Å². The van der Waals surface area contributed by atoms with Crippen LogP contribution in [0, 0.1) is 5.92 Å². The van der Waals surface area contributed by atoms with Crippen molar-refractivity contribution in [1.82, 2.24) is 4.90 Å². The molecule has 0 aliphatic heterocycles. The number of aliphatic hydroxyl groups is 1. The van der Waals surface area contributed by atoms with Gasteiger partial charge in [0, 0.05) is 12.6 Å². The molecule has 21 heavy (non-hydrogen) atoms. The zero-order valence-corrected chi connectivity index (χ0v) is 13.8. The predicted molar refractivity (Wildman–Crippen MR) is 77.9 cm³/mol. The number of rotatable bonds is 3. The molecule has 1 rings (SSSR count). The predicted octanol–water partition coefficient (Wildman–Crippen LogP) is 2.93. The molecule has 0 radical (unpaired) electrons. The summed E-state index contributed by atoms with van der Waals surface area (Å²) in [5.74, 6) is 0.120. The standard InChI is InChI=1S/C15H27NO5/c1-14(2,3)20-12(18)16(11-9-10(11)7-8-17)13(19)21-15(4,5)6/h10-11,17H,7-9H2,1-6H3. The van der Waals surface area contributed by atoms with E-state index in [0.717, 1.165) is 4.90 Å². The highest BCUT2D eigenvalue weighted by atomic mass is 16.6. The molecular formula is C15H27NO5. The van der Waals surface area contributed by atoms with Crippen molar-refractivity contribution < 1.29 is 24.2 Å². The summed E-state index contributed by atoms with van der Waals surface area (Å²) in [5.41, 5.74) is -1.36. The maximum atomic E-state index is 12.3. The zero-order valence-electron chi connectivity index (χ0n) is 13.8. The van der Waals surface area contributed by atoms with E-state index in [2.05, 4.69) is 0 Å². The van der Waals surface area contributed by atoms with Crippen molar-refractivity contribution >= 4 is 12.2 Å². The van der Waals surface area contributed by atoms with Crippen molar-refractivity contribution in [2.75, 3.05) is 6.61 Å². The van der Waals surface area contributed by atoms with Gasteiger partial charge in [-0.05, 0) is 60.3 Å². The van der Waals surface area contributed by atoms with Gasteiger partial charge in [-0.1, -0.05) is 0 Å². The Kier molecular flexibility index (Phi) is 5.25. The minimum absolute atomic E-state index is 0.0393. The third-order valence-corrected chi connectivity index (χ3v) is 2.90. The van der Waals surface area contributed by atoms with Crippen molar-refractivity contribution in [3.05, 3.63) is 0 Å². The Morgan fingerprint density at radius 3 is 1.81 bits per heavy atom. The van der Waals surface area contributed by atoms with Gasteiger partial charge in [-0.2, -0.15) is 0 Å². The molecule has 0 aromatic carbocycles. The molecule has 0 aromatic rings. The second-order valence-corrected chi connectivity index (χ2v) is 7.41. The fraction of sp³-hybridized carbons (Fsp3) is 0.867. The molecule has 0 spiro atoms. The Hall–Kier alpha value is -1.30. The third kappa shape index (κ3) is 5.91. The summed E-state index contributed by atoms with van der Waals surface area (Å²) >= 11 is 0. The molecule has 0 saturated heterocycles. The van der Waals surface area contributed by atoms with E-state index in [9.17, 15) is 9.59 Å². The number of aliphatic hydroxyl groups excluding tert-OH is 1. The summed E-state index contributed by atoms with van der Waals surface area (Å²) in [6, 6.07) is -0.248. The molecule has 2 amide bonds. The largest absolute Gasteiger partial charge is 0.443 e. The Morgan fingerprint density at radius 2 is 1.48 bits per heavy atom. The molecule has 1 N–H and O–H groups in total. The van der Waals surface area contributed by atoms with Crippen molar-refractivity contribution in [3.8, 4) is 0 Å². The van der Waals surface area contributed by atoms with Gasteiger partial charge in [0.2, 0.25) is 0 Å². The molecular weight excluding hydrogens is 274 g/mol. The van der Waals surface area contributed by atoms with Gasteiger partial charge < -0.3 is 14.6 Å². The summed E-state index contributed by atoms with van der Waals surface area (Å²) in [6.07, 6.45) is -0.143. The Bertz CT molecular complexity index is 366. The van der Waals surface area contributed by atoms with Crippen LogP contribution in [0.2, 0.25) is 0 Å². The molecule has 122 valence electrons. The smallest absolute Gasteiger partial charge is 0.420 e. The van der Waals surface area contributed by atoms with Crippen LogP contribution in [0.5, 0.6) is 0 Å². The SMILES string of the molecule is CC(C)(C)OC(=O)N(C(=O)OC(C)(C)C)C1CC1CCO. The average Bonchev–Trinajstić information content (AvgIpc) is 2.91. The molecule has 1 aliphatic carbocycles. The Balaban J connectivity index is 2.81. The van der Waals surface area contributed by atoms with Crippen LogP contribution in [0.25, 0.3) is 0 Å². The van der Waals surface area contributed by atoms with Gasteiger partial charge in [-0.3, -0.25) is 0 Å². The van der Waals surface area contributed by atoms with Crippen LogP contribution in [0.1, 0.15) is 54.4 Å². The van der Waals surface area contributed by atoms with Gasteiger partial charge in [-0.15, -0.1) is 0 Å². The second kappa shape index (κ2) is 6.22. The molecule has 6 heteroatoms. The van der Waals surface area contributed by atoms with Crippen molar-refractivity contribution in [2.24, 2.45) is 5.92 Å². The van der Waals surface area contributed by atoms with Crippen molar-refractivity contribution in [2.45, 2.75) is 71.6 Å². The minimum Gasteiger partial charge on any atom is -0.443 e. The fourth-order valence-corrected chi connectivity index (χ4v) is 1.99. The van der Waals surface area contributed by atoms with E-state index in [-0.39, 0.29) is 18.6 Å². The molecule has 0 aromatic heterocycles. The van der Waals surface area contributed by atoms with Gasteiger partial charge in [0.15, 0.2) is 0 Å². The Labute approximate surface area is 126 Å². The highest BCUT2D eigenvalue weighted by Crippen LogP contribution is 2.39. The van der Waals surface area contributed by atoms with Gasteiger partial charge in [0.1, 0.15) is 11.2 Å². The summed E-state index contributed by atoms with van der Waals surface area (Å²) in [5, 5.41) is 8.98. The van der Waals surface area contributed by atoms with E-state index in [0.29, 0.717) is 12.8 Å². The molecule has 2 unspecified atom stereocenters. The van der Waals surface area contributed by atoms with E-state index in [1.165, 1.54) is 0 Å². The lowest BCUT2D eigenvalue weighted by molar-refractivity contribution is -0.00139. The first-order chi connectivity index (χ1) is 9.44. The number of amides is 2. The first kappa shape index (κ1) is 17.8. The molecule has 1 aliphatic rings. The van der Waals surface area contributed by atoms with Gasteiger partial charge in [0.05, 0.1) is 0 Å². The normalized spacial score (nSPS) is 21.7. The van der Waals surface area contributed by atoms with Crippen LogP contribution >= 0.6 is 0 Å². The maximum absolute atomic E-state index is 12.3. The minimum atomic E-state index is -0.692. The van der Waals surface area contributed by atoms with Crippen LogP contribution in [0.4, 0.5) is 9.59 Å². The number of carbonyl (C=O) groups is 2. The highest BCUT2D eigenvalue weighted by Gasteiger charge is 2.49. The number of imide groups is 1. The summed E-state index contributed by atoms with van der Waals surface area (Å²) in [4.78, 5) is 25.6. The monoisotopic (exact) mass is 301 g/mol. The molecule has 2 atom stereocenters. The van der Waals surface area contributed by atoms with Gasteiger partial charge in [-0.25, -0.2) is 14.5 Å². The number of carbonyl (C=O) groups excluding carboxylic acids is 2. The number of hydrogen-bond acceptors (Lipinski definition) is 5. The van der Waals surface area contributed by atoms with Gasteiger partial charge >= 0.3 is 12.2 Å². The Morgan fingerprint density at radius 1 is 1.05 bits per heavy atom. The number of ether oxygens (including phenoxy) is 2. The lowest BCUT2D eigenvalue weighted by Gasteiger charge is -2.29. The lowest BCUT2D eigenvalue weighted by atomic mass is 10.2. The third-order valence-electron chi connectivity index (χ3n) is 2.90. The van der Waals surface area contributed by atoms with Crippen molar-refractivity contribution in [1.29, 1.82) is 0 Å². The van der Waals surface area contributed by atoms with E-state index in [1.807, 2.05) is 0 Å². The number of nitrogens with zero attached hydrogens (tertiary/aromatic N) is 1. The average molecular weight is 301 g/mol. The zero-order chi connectivity index (χ0) is 16.4. The first-order valence-electron chi connectivity index (χ1n) is 7.30. The quantitative estimate of drug-likeness (QED) is 0.867. The topological polar surface area (TPSA) is 76.1 Å². The lowest BCUT2D eigenvalue weighted by Crippen LogP contribution is -2.45.